The lowest BCUT2D eigenvalue weighted by Gasteiger charge is -2.14. The van der Waals surface area contributed by atoms with Crippen LogP contribution in [0.2, 0.25) is 5.02 Å². The second-order valence-electron chi connectivity index (χ2n) is 7.32. The summed E-state index contributed by atoms with van der Waals surface area (Å²) in [6.45, 7) is 2.22. The molecule has 10 heteroatoms. The topological polar surface area (TPSA) is 108 Å². The van der Waals surface area contributed by atoms with Crippen molar-refractivity contribution in [2.75, 3.05) is 18.1 Å². The van der Waals surface area contributed by atoms with Crippen LogP contribution in [-0.4, -0.2) is 39.0 Å². The highest BCUT2D eigenvalue weighted by atomic mass is 35.5. The van der Waals surface area contributed by atoms with E-state index >= 15 is 0 Å². The molecular formula is C23H24ClN3O4S2. The first-order chi connectivity index (χ1) is 15.8. The average Bonchev–Trinajstić information content (AvgIpc) is 3.13. The van der Waals surface area contributed by atoms with Crippen LogP contribution >= 0.6 is 22.9 Å². The maximum atomic E-state index is 12.4. The van der Waals surface area contributed by atoms with Gasteiger partial charge in [-0.15, -0.1) is 0 Å². The van der Waals surface area contributed by atoms with E-state index in [1.165, 1.54) is 11.3 Å². The summed E-state index contributed by atoms with van der Waals surface area (Å²) in [6.07, 6.45) is 2.27. The fraction of sp³-hybridized carbons (Fsp3) is 0.261. The number of aromatic nitrogens is 1. The van der Waals surface area contributed by atoms with Crippen molar-refractivity contribution in [3.05, 3.63) is 64.8 Å². The van der Waals surface area contributed by atoms with Gasteiger partial charge >= 0.3 is 5.97 Å². The van der Waals surface area contributed by atoms with Crippen molar-refractivity contribution in [1.29, 1.82) is 0 Å². The third-order valence-corrected chi connectivity index (χ3v) is 7.38. The van der Waals surface area contributed by atoms with E-state index in [1.54, 1.807) is 42.7 Å². The molecule has 0 aliphatic carbocycles. The van der Waals surface area contributed by atoms with Crippen LogP contribution < -0.4 is 10.6 Å². The number of carbonyl (C=O) groups excluding carboxylic acids is 1. The van der Waals surface area contributed by atoms with Gasteiger partial charge in [-0.05, 0) is 43.1 Å². The Hall–Kier alpha value is -2.59. The quantitative estimate of drug-likeness (QED) is 0.346. The molecule has 0 fully saturated rings. The Morgan fingerprint density at radius 3 is 2.61 bits per heavy atom. The summed E-state index contributed by atoms with van der Waals surface area (Å²) in [5.41, 5.74) is 2.25. The number of rotatable bonds is 10. The Bertz CT molecular complexity index is 1170. The SMILES string of the molecule is Cc1nc(NC(=O)CCCN[C@H](C(=O)O)c2ccccc2)sc1-c1ccc(Cl)c(S(C)=O)c1. The number of aliphatic carboxylic acids is 1. The lowest BCUT2D eigenvalue weighted by Crippen LogP contribution is -2.29. The number of amides is 1. The monoisotopic (exact) mass is 505 g/mol. The molecule has 0 aliphatic rings. The predicted octanol–water partition coefficient (Wildman–Crippen LogP) is 4.64. The Balaban J connectivity index is 1.56. The maximum absolute atomic E-state index is 12.4. The van der Waals surface area contributed by atoms with Crippen molar-refractivity contribution in [2.24, 2.45) is 0 Å². The number of carbonyl (C=O) groups is 2. The summed E-state index contributed by atoms with van der Waals surface area (Å²) in [7, 11) is -1.22. The number of aryl methyl sites for hydroxylation is 1. The Labute approximate surface area is 203 Å². The fourth-order valence-electron chi connectivity index (χ4n) is 3.25. The van der Waals surface area contributed by atoms with Crippen LogP contribution in [0.1, 0.15) is 30.1 Å². The van der Waals surface area contributed by atoms with Crippen LogP contribution in [-0.2, 0) is 20.4 Å². The number of benzene rings is 2. The normalized spacial score (nSPS) is 12.8. The van der Waals surface area contributed by atoms with Gasteiger partial charge in [0.2, 0.25) is 5.91 Å². The van der Waals surface area contributed by atoms with Crippen molar-refractivity contribution < 1.29 is 18.9 Å². The minimum absolute atomic E-state index is 0.199. The molecule has 0 spiro atoms. The van der Waals surface area contributed by atoms with Gasteiger partial charge in [-0.1, -0.05) is 59.3 Å². The van der Waals surface area contributed by atoms with Gasteiger partial charge in [0.05, 0.1) is 31.3 Å². The largest absolute Gasteiger partial charge is 0.480 e. The summed E-state index contributed by atoms with van der Waals surface area (Å²) in [4.78, 5) is 29.7. The lowest BCUT2D eigenvalue weighted by atomic mass is 10.1. The standard InChI is InChI=1S/C23H24ClN3O4S2/c1-14-21(16-10-11-17(24)18(13-16)33(2)31)32-23(26-14)27-19(28)9-6-12-25-20(22(29)30)15-7-4-3-5-8-15/h3-5,7-8,10-11,13,20,25H,6,9,12H2,1-2H3,(H,29,30)(H,26,27,28)/t20-,33?/m0/s1. The zero-order valence-corrected chi connectivity index (χ0v) is 20.5. The number of hydrogen-bond acceptors (Lipinski definition) is 6. The highest BCUT2D eigenvalue weighted by Crippen LogP contribution is 2.35. The first-order valence-electron chi connectivity index (χ1n) is 10.2. The molecule has 0 saturated carbocycles. The van der Waals surface area contributed by atoms with Gasteiger partial charge in [0.1, 0.15) is 6.04 Å². The van der Waals surface area contributed by atoms with Crippen molar-refractivity contribution in [3.8, 4) is 10.4 Å². The molecule has 1 heterocycles. The van der Waals surface area contributed by atoms with Crippen LogP contribution in [0.4, 0.5) is 5.13 Å². The number of thiazole rings is 1. The van der Waals surface area contributed by atoms with E-state index < -0.39 is 22.8 Å². The van der Waals surface area contributed by atoms with E-state index in [0.29, 0.717) is 33.6 Å². The molecule has 0 aliphatic heterocycles. The zero-order valence-electron chi connectivity index (χ0n) is 18.1. The summed E-state index contributed by atoms with van der Waals surface area (Å²) < 4.78 is 11.9. The number of carboxylic acids is 1. The first-order valence-corrected chi connectivity index (χ1v) is 12.9. The number of anilines is 1. The van der Waals surface area contributed by atoms with Gasteiger partial charge in [0.15, 0.2) is 5.13 Å². The molecule has 2 atom stereocenters. The predicted molar refractivity (Wildman–Crippen MR) is 132 cm³/mol. The van der Waals surface area contributed by atoms with Crippen LogP contribution in [0.25, 0.3) is 10.4 Å². The second-order valence-corrected chi connectivity index (χ2v) is 10.1. The Morgan fingerprint density at radius 1 is 1.21 bits per heavy atom. The number of carboxylic acid groups (broad SMARTS) is 1. The molecule has 3 aromatic rings. The van der Waals surface area contributed by atoms with Crippen molar-refractivity contribution in [3.63, 3.8) is 0 Å². The van der Waals surface area contributed by atoms with E-state index in [2.05, 4.69) is 15.6 Å². The summed E-state index contributed by atoms with van der Waals surface area (Å²) in [6, 6.07) is 13.4. The van der Waals surface area contributed by atoms with E-state index in [0.717, 1.165) is 16.1 Å². The van der Waals surface area contributed by atoms with E-state index in [1.807, 2.05) is 19.1 Å². The molecule has 3 rings (SSSR count). The molecule has 0 radical (unpaired) electrons. The maximum Gasteiger partial charge on any atom is 0.325 e. The van der Waals surface area contributed by atoms with Crippen LogP contribution in [0.3, 0.4) is 0 Å². The molecule has 174 valence electrons. The molecule has 1 unspecified atom stereocenters. The van der Waals surface area contributed by atoms with Crippen molar-refractivity contribution in [1.82, 2.24) is 10.3 Å². The van der Waals surface area contributed by atoms with Crippen molar-refractivity contribution >= 4 is 50.7 Å². The number of halogens is 1. The summed E-state index contributed by atoms with van der Waals surface area (Å²) >= 11 is 7.46. The third-order valence-electron chi connectivity index (χ3n) is 4.85. The molecule has 2 aromatic carbocycles. The van der Waals surface area contributed by atoms with Gasteiger partial charge in [-0.2, -0.15) is 0 Å². The lowest BCUT2D eigenvalue weighted by molar-refractivity contribution is -0.139. The Kier molecular flexibility index (Phi) is 8.74. The van der Waals surface area contributed by atoms with Gasteiger partial charge in [-0.3, -0.25) is 13.8 Å². The molecular weight excluding hydrogens is 482 g/mol. The summed E-state index contributed by atoms with van der Waals surface area (Å²) in [5, 5.41) is 16.1. The van der Waals surface area contributed by atoms with Crippen LogP contribution in [0.5, 0.6) is 0 Å². The van der Waals surface area contributed by atoms with Gasteiger partial charge in [0.25, 0.3) is 0 Å². The second kappa shape index (κ2) is 11.5. The van der Waals surface area contributed by atoms with E-state index in [4.69, 9.17) is 11.6 Å². The molecule has 1 amide bonds. The molecule has 0 saturated heterocycles. The number of hydrogen-bond donors (Lipinski definition) is 3. The van der Waals surface area contributed by atoms with E-state index in [-0.39, 0.29) is 12.3 Å². The minimum atomic E-state index is -1.22. The molecule has 0 bridgehead atoms. The molecule has 7 nitrogen and oxygen atoms in total. The molecule has 33 heavy (non-hydrogen) atoms. The van der Waals surface area contributed by atoms with E-state index in [9.17, 15) is 18.9 Å². The Morgan fingerprint density at radius 2 is 1.94 bits per heavy atom. The average molecular weight is 506 g/mol. The highest BCUT2D eigenvalue weighted by Gasteiger charge is 2.19. The van der Waals surface area contributed by atoms with Gasteiger partial charge in [0, 0.05) is 12.7 Å². The van der Waals surface area contributed by atoms with Crippen molar-refractivity contribution in [2.45, 2.75) is 30.7 Å². The molecule has 1 aromatic heterocycles. The van der Waals surface area contributed by atoms with Crippen LogP contribution in [0.15, 0.2) is 53.4 Å². The van der Waals surface area contributed by atoms with Gasteiger partial charge < -0.3 is 15.7 Å². The summed E-state index contributed by atoms with van der Waals surface area (Å²) in [5.74, 6) is -1.16. The fourth-order valence-corrected chi connectivity index (χ4v) is 5.31. The highest BCUT2D eigenvalue weighted by molar-refractivity contribution is 7.84. The van der Waals surface area contributed by atoms with Crippen LogP contribution in [0, 0.1) is 6.92 Å². The number of nitrogens with zero attached hydrogens (tertiary/aromatic N) is 1. The smallest absolute Gasteiger partial charge is 0.325 e. The molecule has 3 N–H and O–H groups in total. The van der Waals surface area contributed by atoms with Gasteiger partial charge in [-0.25, -0.2) is 4.98 Å². The first kappa shape index (κ1) is 25.0. The number of nitrogens with one attached hydrogen (secondary N) is 2. The third kappa shape index (κ3) is 6.70. The minimum Gasteiger partial charge on any atom is -0.480 e. The zero-order chi connectivity index (χ0) is 24.0.